The van der Waals surface area contributed by atoms with Crippen molar-refractivity contribution in [1.82, 2.24) is 10.6 Å². The summed E-state index contributed by atoms with van der Waals surface area (Å²) in [5.41, 5.74) is 0. The number of carboxylic acids is 1. The van der Waals surface area contributed by atoms with Crippen molar-refractivity contribution in [1.29, 1.82) is 0 Å². The number of amides is 2. The second-order valence-corrected chi connectivity index (χ2v) is 17.6. The summed E-state index contributed by atoms with van der Waals surface area (Å²) in [6.07, 6.45) is 51.1. The van der Waals surface area contributed by atoms with Crippen molar-refractivity contribution in [2.75, 3.05) is 13.2 Å². The molecule has 4 N–H and O–H groups in total. The van der Waals surface area contributed by atoms with E-state index >= 15 is 0 Å². The predicted molar refractivity (Wildman–Crippen MR) is 250 cm³/mol. The topological polar surface area (TPSA) is 142 Å². The Bertz CT molecular complexity index is 1020. The zero-order chi connectivity index (χ0) is 44.0. The van der Waals surface area contributed by atoms with E-state index in [4.69, 9.17) is 14.9 Å². The Morgan fingerprint density at radius 2 is 0.867 bits per heavy atom. The lowest BCUT2D eigenvalue weighted by Gasteiger charge is -2.18. The molecule has 0 aromatic carbocycles. The molecule has 0 bridgehead atoms. The van der Waals surface area contributed by atoms with E-state index in [0.717, 1.165) is 70.6 Å². The number of rotatable bonds is 47. The first-order valence-electron chi connectivity index (χ1n) is 25.6. The molecule has 2 atom stereocenters. The van der Waals surface area contributed by atoms with Gasteiger partial charge in [0.1, 0.15) is 12.1 Å². The van der Waals surface area contributed by atoms with E-state index < -0.39 is 24.5 Å². The number of allylic oxidation sites excluding steroid dienone is 2. The lowest BCUT2D eigenvalue weighted by atomic mass is 10.0. The van der Waals surface area contributed by atoms with Gasteiger partial charge in [0.05, 0.1) is 13.2 Å². The van der Waals surface area contributed by atoms with Gasteiger partial charge in [-0.05, 0) is 57.8 Å². The molecule has 0 spiro atoms. The first-order chi connectivity index (χ1) is 29.3. The fourth-order valence-corrected chi connectivity index (χ4v) is 7.84. The monoisotopic (exact) mass is 849 g/mol. The Morgan fingerprint density at radius 1 is 0.483 bits per heavy atom. The fraction of sp³-hybridized carbons (Fsp3) is 0.882. The minimum Gasteiger partial charge on any atom is -0.480 e. The van der Waals surface area contributed by atoms with Crippen molar-refractivity contribution in [3.8, 4) is 0 Å². The zero-order valence-corrected chi connectivity index (χ0v) is 39.2. The number of carbonyl (C=O) groups excluding carboxylic acids is 3. The first-order valence-corrected chi connectivity index (χ1v) is 25.6. The highest BCUT2D eigenvalue weighted by atomic mass is 16.5. The SMILES string of the molecule is CCCCCCCC/C=C\CCCC(CCCCCCCC(=O)NCC(=O)NC(CO)C(=O)O)OC(=O)CCCCCCCCCCCCCCCCCCCCCCC. The summed E-state index contributed by atoms with van der Waals surface area (Å²) in [7, 11) is 0. The molecule has 9 nitrogen and oxygen atoms in total. The molecule has 0 aromatic heterocycles. The van der Waals surface area contributed by atoms with Gasteiger partial charge >= 0.3 is 11.9 Å². The predicted octanol–water partition coefficient (Wildman–Crippen LogP) is 13.4. The Morgan fingerprint density at radius 3 is 1.32 bits per heavy atom. The van der Waals surface area contributed by atoms with Gasteiger partial charge in [-0.25, -0.2) is 4.79 Å². The van der Waals surface area contributed by atoms with Crippen LogP contribution in [0.15, 0.2) is 12.2 Å². The number of unbranched alkanes of at least 4 members (excludes halogenated alkanes) is 31. The van der Waals surface area contributed by atoms with Crippen LogP contribution in [-0.4, -0.2) is 59.3 Å². The van der Waals surface area contributed by atoms with E-state index in [1.54, 1.807) is 0 Å². The molecule has 2 amide bonds. The maximum Gasteiger partial charge on any atom is 0.328 e. The van der Waals surface area contributed by atoms with Crippen LogP contribution in [0.1, 0.15) is 264 Å². The van der Waals surface area contributed by atoms with Gasteiger partial charge in [-0.15, -0.1) is 0 Å². The molecule has 352 valence electrons. The summed E-state index contributed by atoms with van der Waals surface area (Å²) in [6.45, 7) is 3.50. The van der Waals surface area contributed by atoms with E-state index in [0.29, 0.717) is 19.3 Å². The molecule has 2 unspecified atom stereocenters. The van der Waals surface area contributed by atoms with Crippen LogP contribution in [-0.2, 0) is 23.9 Å². The average Bonchev–Trinajstić information content (AvgIpc) is 3.23. The van der Waals surface area contributed by atoms with Crippen LogP contribution in [0.3, 0.4) is 0 Å². The first kappa shape index (κ1) is 57.6. The summed E-state index contributed by atoms with van der Waals surface area (Å²) < 4.78 is 6.04. The van der Waals surface area contributed by atoms with Crippen molar-refractivity contribution in [3.05, 3.63) is 12.2 Å². The second-order valence-electron chi connectivity index (χ2n) is 17.6. The van der Waals surface area contributed by atoms with Gasteiger partial charge in [-0.3, -0.25) is 14.4 Å². The average molecular weight is 849 g/mol. The number of aliphatic carboxylic acids is 1. The van der Waals surface area contributed by atoms with Crippen molar-refractivity contribution in [3.63, 3.8) is 0 Å². The number of esters is 1. The van der Waals surface area contributed by atoms with E-state index in [1.807, 2.05) is 0 Å². The van der Waals surface area contributed by atoms with E-state index in [-0.39, 0.29) is 24.5 Å². The van der Waals surface area contributed by atoms with Crippen molar-refractivity contribution in [2.24, 2.45) is 0 Å². The van der Waals surface area contributed by atoms with E-state index in [1.165, 1.54) is 161 Å². The van der Waals surface area contributed by atoms with Gasteiger partial charge < -0.3 is 25.6 Å². The lowest BCUT2D eigenvalue weighted by Crippen LogP contribution is -2.47. The molecule has 9 heteroatoms. The highest BCUT2D eigenvalue weighted by molar-refractivity contribution is 5.87. The van der Waals surface area contributed by atoms with Crippen molar-refractivity contribution >= 4 is 23.8 Å². The summed E-state index contributed by atoms with van der Waals surface area (Å²) in [5, 5.41) is 22.6. The third-order valence-corrected chi connectivity index (χ3v) is 11.8. The Kier molecular flexibility index (Phi) is 44.2. The van der Waals surface area contributed by atoms with Crippen LogP contribution in [0.25, 0.3) is 0 Å². The van der Waals surface area contributed by atoms with Crippen LogP contribution >= 0.6 is 0 Å². The van der Waals surface area contributed by atoms with E-state index in [2.05, 4.69) is 36.6 Å². The third kappa shape index (κ3) is 42.3. The standard InChI is InChI=1S/C51H96N2O7/c1-3-5-7-9-11-13-15-16-17-18-19-20-21-22-23-24-26-28-30-35-39-43-50(57)60-46(40-36-32-29-27-25-14-12-10-8-6-4-2)41-37-33-31-34-38-42-48(55)52-44-49(56)53-47(45-54)51(58)59/h27,29,46-47,54H,3-26,28,30-45H2,1-2H3,(H,52,55)(H,53,56)(H,58,59)/b29-27-. The van der Waals surface area contributed by atoms with Crippen LogP contribution in [0.4, 0.5) is 0 Å². The molecule has 0 aliphatic rings. The number of carboxylic acid groups (broad SMARTS) is 1. The maximum absolute atomic E-state index is 12.9. The van der Waals surface area contributed by atoms with Gasteiger partial charge in [0.2, 0.25) is 11.8 Å². The summed E-state index contributed by atoms with van der Waals surface area (Å²) >= 11 is 0. The Balaban J connectivity index is 4.17. The van der Waals surface area contributed by atoms with E-state index in [9.17, 15) is 19.2 Å². The van der Waals surface area contributed by atoms with Crippen molar-refractivity contribution < 1.29 is 34.1 Å². The molecule has 0 heterocycles. The number of carbonyl (C=O) groups is 4. The molecule has 0 aliphatic carbocycles. The summed E-state index contributed by atoms with van der Waals surface area (Å²) in [6, 6.07) is -1.38. The second kappa shape index (κ2) is 46.1. The highest BCUT2D eigenvalue weighted by Crippen LogP contribution is 2.19. The fourth-order valence-electron chi connectivity index (χ4n) is 7.84. The van der Waals surface area contributed by atoms with Crippen LogP contribution < -0.4 is 10.6 Å². The Labute approximate surface area is 369 Å². The van der Waals surface area contributed by atoms with Crippen molar-refractivity contribution in [2.45, 2.75) is 276 Å². The number of aliphatic hydroxyl groups excluding tert-OH is 1. The quantitative estimate of drug-likeness (QED) is 0.0271. The number of ether oxygens (including phenoxy) is 1. The molecular weight excluding hydrogens is 753 g/mol. The number of aliphatic hydroxyl groups is 1. The smallest absolute Gasteiger partial charge is 0.328 e. The molecule has 0 saturated heterocycles. The molecule has 0 saturated carbocycles. The van der Waals surface area contributed by atoms with Gasteiger partial charge in [0.15, 0.2) is 0 Å². The minimum absolute atomic E-state index is 0.0390. The largest absolute Gasteiger partial charge is 0.480 e. The third-order valence-electron chi connectivity index (χ3n) is 11.8. The zero-order valence-electron chi connectivity index (χ0n) is 39.2. The molecular formula is C51H96N2O7. The lowest BCUT2D eigenvalue weighted by molar-refractivity contribution is -0.150. The van der Waals surface area contributed by atoms with Crippen LogP contribution in [0.5, 0.6) is 0 Å². The van der Waals surface area contributed by atoms with Gasteiger partial charge in [0, 0.05) is 12.8 Å². The van der Waals surface area contributed by atoms with Gasteiger partial charge in [-0.2, -0.15) is 0 Å². The number of nitrogens with one attached hydrogen (secondary N) is 2. The maximum atomic E-state index is 12.9. The molecule has 0 aliphatic heterocycles. The molecule has 60 heavy (non-hydrogen) atoms. The number of hydrogen-bond donors (Lipinski definition) is 4. The van der Waals surface area contributed by atoms with Gasteiger partial charge in [-0.1, -0.05) is 206 Å². The molecule has 0 radical (unpaired) electrons. The minimum atomic E-state index is -1.38. The Hall–Kier alpha value is -2.42. The number of hydrogen-bond acceptors (Lipinski definition) is 6. The summed E-state index contributed by atoms with van der Waals surface area (Å²) in [4.78, 5) is 47.7. The molecule has 0 aromatic rings. The molecule has 0 rings (SSSR count). The summed E-state index contributed by atoms with van der Waals surface area (Å²) in [5.74, 6) is -2.29. The normalized spacial score (nSPS) is 12.4. The molecule has 0 fully saturated rings. The van der Waals surface area contributed by atoms with Crippen LogP contribution in [0, 0.1) is 0 Å². The van der Waals surface area contributed by atoms with Crippen LogP contribution in [0.2, 0.25) is 0 Å². The highest BCUT2D eigenvalue weighted by Gasteiger charge is 2.19. The van der Waals surface area contributed by atoms with Gasteiger partial charge in [0.25, 0.3) is 0 Å².